The third kappa shape index (κ3) is 4.96. The van der Waals surface area contributed by atoms with Gasteiger partial charge in [0.25, 0.3) is 10.0 Å². The summed E-state index contributed by atoms with van der Waals surface area (Å²) in [7, 11) is -3.93. The highest BCUT2D eigenvalue weighted by Crippen LogP contribution is 2.22. The number of carbonyl (C=O) groups excluding carboxylic acids is 2. The first-order chi connectivity index (χ1) is 15.7. The van der Waals surface area contributed by atoms with Crippen molar-refractivity contribution in [2.75, 3.05) is 11.3 Å². The van der Waals surface area contributed by atoms with Crippen LogP contribution in [0.2, 0.25) is 0 Å². The summed E-state index contributed by atoms with van der Waals surface area (Å²) in [6.45, 7) is 3.02. The van der Waals surface area contributed by atoms with Gasteiger partial charge >= 0.3 is 5.97 Å². The van der Waals surface area contributed by atoms with Crippen LogP contribution in [0.25, 0.3) is 11.0 Å². The first-order valence-electron chi connectivity index (χ1n) is 10.1. The minimum atomic E-state index is -3.93. The van der Waals surface area contributed by atoms with E-state index in [1.54, 1.807) is 49.4 Å². The molecule has 1 aromatic heterocycles. The molecular formula is C25H21NO6S. The number of aryl methyl sites for hydroxylation is 2. The zero-order valence-electron chi connectivity index (χ0n) is 18.0. The van der Waals surface area contributed by atoms with Crippen LogP contribution in [-0.4, -0.2) is 26.8 Å². The van der Waals surface area contributed by atoms with E-state index in [-0.39, 0.29) is 16.2 Å². The van der Waals surface area contributed by atoms with Gasteiger partial charge in [0.05, 0.1) is 10.5 Å². The molecule has 0 atom stereocenters. The van der Waals surface area contributed by atoms with E-state index >= 15 is 0 Å². The number of sulfonamides is 1. The van der Waals surface area contributed by atoms with E-state index in [4.69, 9.17) is 9.15 Å². The molecule has 0 radical (unpaired) electrons. The highest BCUT2D eigenvalue weighted by molar-refractivity contribution is 7.92. The Bertz CT molecular complexity index is 1420. The second kappa shape index (κ2) is 8.91. The van der Waals surface area contributed by atoms with Crippen LogP contribution in [0, 0.1) is 13.8 Å². The van der Waals surface area contributed by atoms with Crippen molar-refractivity contribution in [2.45, 2.75) is 18.7 Å². The fraction of sp³-hybridized carbons (Fsp3) is 0.120. The number of esters is 1. The van der Waals surface area contributed by atoms with E-state index in [9.17, 15) is 18.0 Å². The number of anilines is 1. The average Bonchev–Trinajstić information content (AvgIpc) is 3.23. The van der Waals surface area contributed by atoms with Crippen LogP contribution in [0.4, 0.5) is 5.69 Å². The maximum absolute atomic E-state index is 12.8. The lowest BCUT2D eigenvalue weighted by atomic mass is 10.1. The van der Waals surface area contributed by atoms with Crippen LogP contribution in [-0.2, 0) is 14.8 Å². The number of ether oxygens (including phenoxy) is 1. The van der Waals surface area contributed by atoms with Crippen molar-refractivity contribution < 1.29 is 27.2 Å². The molecule has 33 heavy (non-hydrogen) atoms. The molecule has 3 aromatic carbocycles. The van der Waals surface area contributed by atoms with Gasteiger partial charge in [-0.2, -0.15) is 0 Å². The summed E-state index contributed by atoms with van der Waals surface area (Å²) in [6.07, 6.45) is 0. The smallest absolute Gasteiger partial charge is 0.338 e. The number of furan rings is 1. The lowest BCUT2D eigenvalue weighted by molar-refractivity contribution is 0.0467. The van der Waals surface area contributed by atoms with Crippen molar-refractivity contribution in [3.8, 4) is 0 Å². The number of hydrogen-bond acceptors (Lipinski definition) is 6. The number of nitrogens with one attached hydrogen (secondary N) is 1. The Hall–Kier alpha value is -3.91. The van der Waals surface area contributed by atoms with Crippen molar-refractivity contribution >= 4 is 38.4 Å². The summed E-state index contributed by atoms with van der Waals surface area (Å²) >= 11 is 0. The van der Waals surface area contributed by atoms with Crippen LogP contribution < -0.4 is 4.72 Å². The third-order valence-electron chi connectivity index (χ3n) is 5.08. The van der Waals surface area contributed by atoms with Crippen molar-refractivity contribution in [3.05, 3.63) is 95.2 Å². The molecule has 0 fully saturated rings. The van der Waals surface area contributed by atoms with Crippen molar-refractivity contribution in [3.63, 3.8) is 0 Å². The van der Waals surface area contributed by atoms with Gasteiger partial charge in [0.15, 0.2) is 12.4 Å². The fourth-order valence-corrected chi connectivity index (χ4v) is 4.31. The molecule has 0 amide bonds. The molecule has 7 nitrogen and oxygen atoms in total. The molecule has 0 aliphatic rings. The molecule has 4 rings (SSSR count). The maximum Gasteiger partial charge on any atom is 0.338 e. The second-order valence-electron chi connectivity index (χ2n) is 7.60. The molecule has 0 aliphatic heterocycles. The summed E-state index contributed by atoms with van der Waals surface area (Å²) in [5.41, 5.74) is 2.53. The molecule has 8 heteroatoms. The maximum atomic E-state index is 12.8. The Morgan fingerprint density at radius 2 is 1.67 bits per heavy atom. The minimum Gasteiger partial charge on any atom is -0.454 e. The van der Waals surface area contributed by atoms with E-state index in [2.05, 4.69) is 4.72 Å². The molecule has 0 aliphatic carbocycles. The standard InChI is InChI=1S/C25H21NO6S/c1-16-7-10-19(11-8-16)26-33(29,30)20-12-9-17(2)21(14-20)25(28)31-15-22(27)24-13-18-5-3-4-6-23(18)32-24/h3-14,26H,15H2,1-2H3. The number of rotatable bonds is 7. The molecule has 0 bridgehead atoms. The topological polar surface area (TPSA) is 103 Å². The quantitative estimate of drug-likeness (QED) is 0.309. The van der Waals surface area contributed by atoms with Gasteiger partial charge in [-0.25, -0.2) is 13.2 Å². The predicted octanol–water partition coefficient (Wildman–Crippen LogP) is 4.89. The van der Waals surface area contributed by atoms with Gasteiger partial charge in [-0.05, 0) is 55.8 Å². The molecule has 168 valence electrons. The highest BCUT2D eigenvalue weighted by Gasteiger charge is 2.21. The molecule has 0 unspecified atom stereocenters. The lowest BCUT2D eigenvalue weighted by Crippen LogP contribution is -2.17. The molecule has 4 aromatic rings. The number of fused-ring (bicyclic) bond motifs is 1. The minimum absolute atomic E-state index is 0.0548. The van der Waals surface area contributed by atoms with E-state index in [0.29, 0.717) is 16.8 Å². The molecule has 1 heterocycles. The van der Waals surface area contributed by atoms with Gasteiger partial charge in [0.1, 0.15) is 5.58 Å². The Balaban J connectivity index is 1.48. The predicted molar refractivity (Wildman–Crippen MR) is 124 cm³/mol. The number of Topliss-reactive ketones (excluding diaryl/α,β-unsaturated/α-hetero) is 1. The van der Waals surface area contributed by atoms with Gasteiger partial charge in [0.2, 0.25) is 5.78 Å². The zero-order valence-corrected chi connectivity index (χ0v) is 18.8. The van der Waals surface area contributed by atoms with Gasteiger partial charge in [-0.1, -0.05) is 42.0 Å². The summed E-state index contributed by atoms with van der Waals surface area (Å²) < 4.78 is 38.7. The van der Waals surface area contributed by atoms with E-state index in [1.807, 2.05) is 19.1 Å². The zero-order chi connectivity index (χ0) is 23.6. The molecule has 1 N–H and O–H groups in total. The van der Waals surface area contributed by atoms with Crippen molar-refractivity contribution in [1.29, 1.82) is 0 Å². The van der Waals surface area contributed by atoms with Crippen LogP contribution >= 0.6 is 0 Å². The van der Waals surface area contributed by atoms with Crippen LogP contribution in [0.15, 0.2) is 82.1 Å². The Morgan fingerprint density at radius 3 is 2.39 bits per heavy atom. The fourth-order valence-electron chi connectivity index (χ4n) is 3.22. The summed E-state index contributed by atoms with van der Waals surface area (Å²) in [5.74, 6) is -1.22. The lowest BCUT2D eigenvalue weighted by Gasteiger charge is -2.11. The number of ketones is 1. The number of hydrogen-bond donors (Lipinski definition) is 1. The number of para-hydroxylation sites is 1. The molecule has 0 saturated heterocycles. The Kier molecular flexibility index (Phi) is 6.02. The average molecular weight is 464 g/mol. The first-order valence-corrected chi connectivity index (χ1v) is 11.6. The molecular weight excluding hydrogens is 442 g/mol. The normalized spacial score (nSPS) is 11.3. The SMILES string of the molecule is Cc1ccc(NS(=O)(=O)c2ccc(C)c(C(=O)OCC(=O)c3cc4ccccc4o3)c2)cc1. The summed E-state index contributed by atoms with van der Waals surface area (Å²) in [4.78, 5) is 24.9. The van der Waals surface area contributed by atoms with E-state index in [1.165, 1.54) is 18.2 Å². The van der Waals surface area contributed by atoms with Crippen molar-refractivity contribution in [1.82, 2.24) is 0 Å². The van der Waals surface area contributed by atoms with Gasteiger partial charge in [-0.15, -0.1) is 0 Å². The monoisotopic (exact) mass is 463 g/mol. The van der Waals surface area contributed by atoms with Gasteiger partial charge < -0.3 is 9.15 Å². The highest BCUT2D eigenvalue weighted by atomic mass is 32.2. The van der Waals surface area contributed by atoms with Crippen LogP contribution in [0.5, 0.6) is 0 Å². The van der Waals surface area contributed by atoms with Gasteiger partial charge in [-0.3, -0.25) is 9.52 Å². The Morgan fingerprint density at radius 1 is 0.939 bits per heavy atom. The van der Waals surface area contributed by atoms with Crippen molar-refractivity contribution in [2.24, 2.45) is 0 Å². The largest absolute Gasteiger partial charge is 0.454 e. The first kappa shape index (κ1) is 22.3. The summed E-state index contributed by atoms with van der Waals surface area (Å²) in [6, 6.07) is 19.8. The van der Waals surface area contributed by atoms with E-state index < -0.39 is 28.4 Å². The molecule has 0 saturated carbocycles. The molecule has 0 spiro atoms. The van der Waals surface area contributed by atoms with E-state index in [0.717, 1.165) is 10.9 Å². The van der Waals surface area contributed by atoms with Crippen LogP contribution in [0.1, 0.15) is 32.0 Å². The number of benzene rings is 3. The van der Waals surface area contributed by atoms with Crippen LogP contribution in [0.3, 0.4) is 0 Å². The second-order valence-corrected chi connectivity index (χ2v) is 9.28. The Labute approximate surface area is 191 Å². The summed E-state index contributed by atoms with van der Waals surface area (Å²) in [5, 5.41) is 0.766. The number of carbonyl (C=O) groups is 2. The third-order valence-corrected chi connectivity index (χ3v) is 6.46. The van der Waals surface area contributed by atoms with Gasteiger partial charge in [0, 0.05) is 11.1 Å².